The van der Waals surface area contributed by atoms with Crippen molar-refractivity contribution in [2.45, 2.75) is 19.4 Å². The summed E-state index contributed by atoms with van der Waals surface area (Å²) < 4.78 is 10.3. The van der Waals surface area contributed by atoms with Gasteiger partial charge >= 0.3 is 0 Å². The second-order valence-electron chi connectivity index (χ2n) is 7.27. The molecule has 0 aromatic carbocycles. The van der Waals surface area contributed by atoms with Crippen molar-refractivity contribution in [3.63, 3.8) is 0 Å². The number of likely N-dealkylation sites (tertiary alicyclic amines) is 1. The van der Waals surface area contributed by atoms with Crippen molar-refractivity contribution >= 4 is 11.7 Å². The van der Waals surface area contributed by atoms with Gasteiger partial charge < -0.3 is 19.1 Å². The van der Waals surface area contributed by atoms with Gasteiger partial charge in [0.15, 0.2) is 5.76 Å². The molecule has 2 aromatic heterocycles. The Morgan fingerprint density at radius 1 is 1.31 bits per heavy atom. The number of rotatable bonds is 5. The molecule has 2 aliphatic heterocycles. The Balaban J connectivity index is 1.34. The summed E-state index contributed by atoms with van der Waals surface area (Å²) in [6.07, 6.45) is 1.80. The molecule has 2 fully saturated rings. The van der Waals surface area contributed by atoms with Crippen molar-refractivity contribution in [2.24, 2.45) is 11.8 Å². The summed E-state index contributed by atoms with van der Waals surface area (Å²) >= 11 is 0. The van der Waals surface area contributed by atoms with Gasteiger partial charge in [0.05, 0.1) is 11.6 Å². The van der Waals surface area contributed by atoms with Gasteiger partial charge in [-0.2, -0.15) is 0 Å². The van der Waals surface area contributed by atoms with Crippen molar-refractivity contribution in [3.05, 3.63) is 41.9 Å². The summed E-state index contributed by atoms with van der Waals surface area (Å²) in [6.45, 7) is 5.60. The van der Waals surface area contributed by atoms with Crippen LogP contribution in [0.15, 0.2) is 35.0 Å². The summed E-state index contributed by atoms with van der Waals surface area (Å²) in [4.78, 5) is 21.5. The molecule has 2 atom stereocenters. The van der Waals surface area contributed by atoms with E-state index in [9.17, 15) is 4.79 Å². The molecular formula is C19H24N4O3. The number of hydrogen-bond acceptors (Lipinski definition) is 6. The van der Waals surface area contributed by atoms with Gasteiger partial charge in [-0.05, 0) is 18.1 Å². The summed E-state index contributed by atoms with van der Waals surface area (Å²) in [5.74, 6) is 2.53. The fraction of sp³-hybridized carbons (Fsp3) is 0.526. The minimum absolute atomic E-state index is 0.0271. The van der Waals surface area contributed by atoms with Gasteiger partial charge in [0.1, 0.15) is 12.4 Å². The molecule has 0 radical (unpaired) electrons. The number of ether oxygens (including phenoxy) is 1. The molecule has 0 N–H and O–H groups in total. The highest BCUT2D eigenvalue weighted by Crippen LogP contribution is 2.33. The maximum Gasteiger partial charge on any atom is 0.227 e. The summed E-state index contributed by atoms with van der Waals surface area (Å²) in [5.41, 5.74) is 0.913. The quantitative estimate of drug-likeness (QED) is 0.815. The molecule has 0 saturated carbocycles. The lowest BCUT2D eigenvalue weighted by molar-refractivity contribution is -0.140. The topological polar surface area (TPSA) is 71.7 Å². The van der Waals surface area contributed by atoms with Crippen molar-refractivity contribution in [2.75, 3.05) is 38.2 Å². The zero-order valence-corrected chi connectivity index (χ0v) is 15.2. The molecule has 1 amide bonds. The number of anilines is 1. The first kappa shape index (κ1) is 17.0. The Morgan fingerprint density at radius 3 is 2.88 bits per heavy atom. The van der Waals surface area contributed by atoms with Crippen LogP contribution in [0.3, 0.4) is 0 Å². The first-order valence-electron chi connectivity index (χ1n) is 9.05. The van der Waals surface area contributed by atoms with E-state index in [1.807, 2.05) is 29.2 Å². The van der Waals surface area contributed by atoms with Crippen LogP contribution in [-0.4, -0.2) is 54.2 Å². The number of carbonyl (C=O) groups excluding carboxylic acids is 1. The standard InChI is InChI=1S/C19H24N4O3/c1-13-8-22(18-5-3-4-6-20-18)11-16(13)19(24)23-9-14(10-23)17-7-15(12-25-2)26-21-17/h3-7,13-14,16H,8-12H2,1-2H3/t13-,16-/m1/s1. The smallest absolute Gasteiger partial charge is 0.227 e. The molecule has 2 aromatic rings. The van der Waals surface area contributed by atoms with E-state index in [1.54, 1.807) is 13.3 Å². The zero-order valence-electron chi connectivity index (χ0n) is 15.2. The predicted octanol–water partition coefficient (Wildman–Crippen LogP) is 1.91. The molecule has 4 rings (SSSR count). The average Bonchev–Trinajstić information content (AvgIpc) is 3.21. The molecule has 138 valence electrons. The van der Waals surface area contributed by atoms with Crippen LogP contribution in [0.5, 0.6) is 0 Å². The van der Waals surface area contributed by atoms with Crippen molar-refractivity contribution in [3.8, 4) is 0 Å². The Morgan fingerprint density at radius 2 is 2.15 bits per heavy atom. The average molecular weight is 356 g/mol. The van der Waals surface area contributed by atoms with Crippen molar-refractivity contribution < 1.29 is 14.1 Å². The van der Waals surface area contributed by atoms with Crippen LogP contribution >= 0.6 is 0 Å². The minimum atomic E-state index is 0.0271. The first-order chi connectivity index (χ1) is 12.7. The van der Waals surface area contributed by atoms with Crippen LogP contribution in [0.2, 0.25) is 0 Å². The van der Waals surface area contributed by atoms with Crippen molar-refractivity contribution in [1.29, 1.82) is 0 Å². The van der Waals surface area contributed by atoms with Crippen LogP contribution in [0.1, 0.15) is 24.3 Å². The largest absolute Gasteiger partial charge is 0.377 e. The fourth-order valence-electron chi connectivity index (χ4n) is 3.83. The van der Waals surface area contributed by atoms with Crippen LogP contribution < -0.4 is 4.90 Å². The van der Waals surface area contributed by atoms with E-state index < -0.39 is 0 Å². The maximum absolute atomic E-state index is 12.9. The van der Waals surface area contributed by atoms with E-state index in [-0.39, 0.29) is 17.7 Å². The monoisotopic (exact) mass is 356 g/mol. The van der Waals surface area contributed by atoms with Crippen LogP contribution in [0.25, 0.3) is 0 Å². The van der Waals surface area contributed by atoms with Crippen LogP contribution in [0, 0.1) is 11.8 Å². The number of methoxy groups -OCH3 is 1. The molecule has 0 spiro atoms. The lowest BCUT2D eigenvalue weighted by Crippen LogP contribution is -2.51. The number of aromatic nitrogens is 2. The maximum atomic E-state index is 12.9. The van der Waals surface area contributed by atoms with E-state index in [4.69, 9.17) is 9.26 Å². The van der Waals surface area contributed by atoms with Crippen LogP contribution in [0.4, 0.5) is 5.82 Å². The number of nitrogens with zero attached hydrogens (tertiary/aromatic N) is 4. The van der Waals surface area contributed by atoms with Gasteiger partial charge in [0, 0.05) is 51.5 Å². The van der Waals surface area contributed by atoms with Gasteiger partial charge in [0.2, 0.25) is 5.91 Å². The zero-order chi connectivity index (χ0) is 18.1. The third kappa shape index (κ3) is 3.19. The predicted molar refractivity (Wildman–Crippen MR) is 95.6 cm³/mol. The van der Waals surface area contributed by atoms with Crippen LogP contribution in [-0.2, 0) is 16.1 Å². The third-order valence-corrected chi connectivity index (χ3v) is 5.38. The SMILES string of the molecule is COCc1cc(C2CN(C(=O)[C@@H]3CN(c4ccccn4)C[C@H]3C)C2)no1. The van der Waals surface area contributed by atoms with Gasteiger partial charge in [-0.15, -0.1) is 0 Å². The molecule has 0 aliphatic carbocycles. The Bertz CT molecular complexity index is 757. The van der Waals surface area contributed by atoms with E-state index in [1.165, 1.54) is 0 Å². The summed E-state index contributed by atoms with van der Waals surface area (Å²) in [5, 5.41) is 4.11. The number of carbonyl (C=O) groups is 1. The van der Waals surface area contributed by atoms with Crippen molar-refractivity contribution in [1.82, 2.24) is 15.0 Å². The van der Waals surface area contributed by atoms with E-state index >= 15 is 0 Å². The second kappa shape index (κ2) is 7.07. The normalized spacial score (nSPS) is 23.3. The Hall–Kier alpha value is -2.41. The van der Waals surface area contributed by atoms with Gasteiger partial charge in [0.25, 0.3) is 0 Å². The highest BCUT2D eigenvalue weighted by atomic mass is 16.5. The van der Waals surface area contributed by atoms with Gasteiger partial charge in [-0.25, -0.2) is 4.98 Å². The molecule has 4 heterocycles. The second-order valence-corrected chi connectivity index (χ2v) is 7.27. The summed E-state index contributed by atoms with van der Waals surface area (Å²) in [7, 11) is 1.63. The molecule has 7 nitrogen and oxygen atoms in total. The van der Waals surface area contributed by atoms with Gasteiger partial charge in [-0.3, -0.25) is 4.79 Å². The highest BCUT2D eigenvalue weighted by Gasteiger charge is 2.42. The fourth-order valence-corrected chi connectivity index (χ4v) is 3.83. The molecule has 0 unspecified atom stereocenters. The minimum Gasteiger partial charge on any atom is -0.377 e. The first-order valence-corrected chi connectivity index (χ1v) is 9.05. The number of hydrogen-bond donors (Lipinski definition) is 0. The molecule has 7 heteroatoms. The molecule has 2 saturated heterocycles. The molecular weight excluding hydrogens is 332 g/mol. The molecule has 2 aliphatic rings. The molecule has 0 bridgehead atoms. The third-order valence-electron chi connectivity index (χ3n) is 5.38. The van der Waals surface area contributed by atoms with Gasteiger partial charge in [-0.1, -0.05) is 18.1 Å². The molecule has 26 heavy (non-hydrogen) atoms. The lowest BCUT2D eigenvalue weighted by atomic mass is 9.91. The Labute approximate surface area is 152 Å². The van der Waals surface area contributed by atoms with E-state index in [0.717, 1.165) is 30.4 Å². The Kier molecular flexibility index (Phi) is 4.63. The summed E-state index contributed by atoms with van der Waals surface area (Å²) in [6, 6.07) is 7.82. The van der Waals surface area contributed by atoms with E-state index in [0.29, 0.717) is 25.6 Å². The highest BCUT2D eigenvalue weighted by molar-refractivity contribution is 5.81. The van der Waals surface area contributed by atoms with E-state index in [2.05, 4.69) is 22.0 Å². The number of amides is 1. The lowest BCUT2D eigenvalue weighted by Gasteiger charge is -2.40. The number of pyridine rings is 1.